The number of hydrogen-bond donors (Lipinski definition) is 1. The SMILES string of the molecule is Cc1cnccc1N1CCC(CNC2CC2)CC1. The van der Waals surface area contributed by atoms with Crippen LogP contribution in [0, 0.1) is 12.8 Å². The Balaban J connectivity index is 1.51. The van der Waals surface area contributed by atoms with E-state index in [0.29, 0.717) is 0 Å². The quantitative estimate of drug-likeness (QED) is 0.882. The summed E-state index contributed by atoms with van der Waals surface area (Å²) >= 11 is 0. The molecule has 0 aromatic carbocycles. The van der Waals surface area contributed by atoms with Crippen molar-refractivity contribution in [1.82, 2.24) is 10.3 Å². The number of aryl methyl sites for hydroxylation is 1. The molecule has 1 N–H and O–H groups in total. The lowest BCUT2D eigenvalue weighted by molar-refractivity contribution is 0.382. The van der Waals surface area contributed by atoms with Crippen LogP contribution in [0.2, 0.25) is 0 Å². The van der Waals surface area contributed by atoms with Gasteiger partial charge in [-0.3, -0.25) is 4.98 Å². The highest BCUT2D eigenvalue weighted by molar-refractivity contribution is 5.51. The van der Waals surface area contributed by atoms with Gasteiger partial charge in [0.15, 0.2) is 0 Å². The summed E-state index contributed by atoms with van der Waals surface area (Å²) in [6.07, 6.45) is 9.31. The summed E-state index contributed by atoms with van der Waals surface area (Å²) in [6.45, 7) is 5.78. The molecule has 0 spiro atoms. The van der Waals surface area contributed by atoms with Crippen molar-refractivity contribution in [3.8, 4) is 0 Å². The van der Waals surface area contributed by atoms with E-state index in [1.165, 1.54) is 56.6 Å². The highest BCUT2D eigenvalue weighted by atomic mass is 15.1. The lowest BCUT2D eigenvalue weighted by Crippen LogP contribution is -2.38. The number of nitrogens with zero attached hydrogens (tertiary/aromatic N) is 2. The van der Waals surface area contributed by atoms with E-state index in [9.17, 15) is 0 Å². The Kier molecular flexibility index (Phi) is 3.50. The van der Waals surface area contributed by atoms with Crippen LogP contribution in [-0.2, 0) is 0 Å². The minimum absolute atomic E-state index is 0.852. The van der Waals surface area contributed by atoms with Gasteiger partial charge in [0.05, 0.1) is 0 Å². The molecule has 1 aromatic heterocycles. The van der Waals surface area contributed by atoms with E-state index in [-0.39, 0.29) is 0 Å². The fraction of sp³-hybridized carbons (Fsp3) is 0.667. The number of anilines is 1. The average molecular weight is 245 g/mol. The molecule has 0 unspecified atom stereocenters. The minimum Gasteiger partial charge on any atom is -0.371 e. The van der Waals surface area contributed by atoms with E-state index < -0.39 is 0 Å². The molecule has 1 saturated carbocycles. The van der Waals surface area contributed by atoms with Crippen molar-refractivity contribution in [3.63, 3.8) is 0 Å². The molecular weight excluding hydrogens is 222 g/mol. The number of aromatic nitrogens is 1. The van der Waals surface area contributed by atoms with E-state index in [4.69, 9.17) is 0 Å². The van der Waals surface area contributed by atoms with Crippen LogP contribution >= 0.6 is 0 Å². The number of pyridine rings is 1. The Morgan fingerprint density at radius 1 is 1.28 bits per heavy atom. The molecule has 1 aliphatic heterocycles. The van der Waals surface area contributed by atoms with Crippen molar-refractivity contribution in [3.05, 3.63) is 24.0 Å². The number of nitrogens with one attached hydrogen (secondary N) is 1. The maximum atomic E-state index is 4.17. The number of piperidine rings is 1. The van der Waals surface area contributed by atoms with Gasteiger partial charge in [0.2, 0.25) is 0 Å². The van der Waals surface area contributed by atoms with Gasteiger partial charge in [0.1, 0.15) is 0 Å². The van der Waals surface area contributed by atoms with Crippen molar-refractivity contribution in [2.75, 3.05) is 24.5 Å². The summed E-state index contributed by atoms with van der Waals surface area (Å²) in [6, 6.07) is 3.00. The first-order chi connectivity index (χ1) is 8.83. The molecule has 0 atom stereocenters. The van der Waals surface area contributed by atoms with E-state index in [1.54, 1.807) is 0 Å². The first-order valence-electron chi connectivity index (χ1n) is 7.22. The first kappa shape index (κ1) is 12.0. The molecule has 3 nitrogen and oxygen atoms in total. The second-order valence-corrected chi connectivity index (χ2v) is 5.78. The van der Waals surface area contributed by atoms with Crippen LogP contribution in [0.1, 0.15) is 31.2 Å². The van der Waals surface area contributed by atoms with Crippen LogP contribution in [0.5, 0.6) is 0 Å². The fourth-order valence-corrected chi connectivity index (χ4v) is 2.82. The van der Waals surface area contributed by atoms with Crippen molar-refractivity contribution in [2.24, 2.45) is 5.92 Å². The number of hydrogen-bond acceptors (Lipinski definition) is 3. The molecule has 3 rings (SSSR count). The van der Waals surface area contributed by atoms with Crippen molar-refractivity contribution in [1.29, 1.82) is 0 Å². The number of rotatable bonds is 4. The average Bonchev–Trinajstić information content (AvgIpc) is 3.22. The van der Waals surface area contributed by atoms with E-state index in [2.05, 4.69) is 28.2 Å². The van der Waals surface area contributed by atoms with Crippen molar-refractivity contribution >= 4 is 5.69 Å². The molecule has 1 aromatic rings. The van der Waals surface area contributed by atoms with Gasteiger partial charge < -0.3 is 10.2 Å². The van der Waals surface area contributed by atoms with Gasteiger partial charge in [0.25, 0.3) is 0 Å². The highest BCUT2D eigenvalue weighted by Crippen LogP contribution is 2.26. The zero-order chi connectivity index (χ0) is 12.4. The van der Waals surface area contributed by atoms with Gasteiger partial charge in [-0.25, -0.2) is 0 Å². The van der Waals surface area contributed by atoms with Crippen LogP contribution in [0.3, 0.4) is 0 Å². The molecule has 0 radical (unpaired) electrons. The normalized spacial score (nSPS) is 21.3. The van der Waals surface area contributed by atoms with Gasteiger partial charge in [-0.05, 0) is 56.7 Å². The lowest BCUT2D eigenvalue weighted by Gasteiger charge is -2.34. The fourth-order valence-electron chi connectivity index (χ4n) is 2.82. The zero-order valence-corrected chi connectivity index (χ0v) is 11.2. The van der Waals surface area contributed by atoms with Gasteiger partial charge in [-0.1, -0.05) is 0 Å². The van der Waals surface area contributed by atoms with E-state index >= 15 is 0 Å². The van der Waals surface area contributed by atoms with Gasteiger partial charge in [-0.15, -0.1) is 0 Å². The van der Waals surface area contributed by atoms with Crippen LogP contribution < -0.4 is 10.2 Å². The molecule has 0 bridgehead atoms. The Morgan fingerprint density at radius 2 is 2.06 bits per heavy atom. The largest absolute Gasteiger partial charge is 0.371 e. The maximum absolute atomic E-state index is 4.17. The molecule has 18 heavy (non-hydrogen) atoms. The van der Waals surface area contributed by atoms with Gasteiger partial charge in [0, 0.05) is 37.2 Å². The third-order valence-corrected chi connectivity index (χ3v) is 4.22. The first-order valence-corrected chi connectivity index (χ1v) is 7.22. The second kappa shape index (κ2) is 5.27. The zero-order valence-electron chi connectivity index (χ0n) is 11.2. The molecule has 98 valence electrons. The van der Waals surface area contributed by atoms with Crippen molar-refractivity contribution in [2.45, 2.75) is 38.6 Å². The Bertz CT molecular complexity index is 392. The third kappa shape index (κ3) is 2.83. The van der Waals surface area contributed by atoms with Gasteiger partial charge in [-0.2, -0.15) is 0 Å². The standard InChI is InChI=1S/C15H23N3/c1-12-10-16-7-4-15(12)18-8-5-13(6-9-18)11-17-14-2-3-14/h4,7,10,13-14,17H,2-3,5-6,8-9,11H2,1H3. The van der Waals surface area contributed by atoms with Crippen LogP contribution in [0.15, 0.2) is 18.5 Å². The molecule has 2 heterocycles. The Hall–Kier alpha value is -1.09. The minimum atomic E-state index is 0.852. The molecule has 1 aliphatic carbocycles. The monoisotopic (exact) mass is 245 g/mol. The molecule has 3 heteroatoms. The maximum Gasteiger partial charge on any atom is 0.0426 e. The van der Waals surface area contributed by atoms with Crippen LogP contribution in [-0.4, -0.2) is 30.7 Å². The smallest absolute Gasteiger partial charge is 0.0426 e. The molecule has 2 aliphatic rings. The summed E-state index contributed by atoms with van der Waals surface area (Å²) in [5, 5.41) is 3.66. The highest BCUT2D eigenvalue weighted by Gasteiger charge is 2.24. The second-order valence-electron chi connectivity index (χ2n) is 5.78. The Morgan fingerprint density at radius 3 is 2.72 bits per heavy atom. The third-order valence-electron chi connectivity index (χ3n) is 4.22. The Labute approximate surface area is 110 Å². The van der Waals surface area contributed by atoms with Crippen LogP contribution in [0.25, 0.3) is 0 Å². The van der Waals surface area contributed by atoms with E-state index in [1.807, 2.05) is 12.4 Å². The predicted octanol–water partition coefficient (Wildman–Crippen LogP) is 2.36. The molecule has 2 fully saturated rings. The van der Waals surface area contributed by atoms with Gasteiger partial charge >= 0.3 is 0 Å². The topological polar surface area (TPSA) is 28.2 Å². The van der Waals surface area contributed by atoms with Crippen LogP contribution in [0.4, 0.5) is 5.69 Å². The predicted molar refractivity (Wildman–Crippen MR) is 74.9 cm³/mol. The summed E-state index contributed by atoms with van der Waals surface area (Å²) < 4.78 is 0. The summed E-state index contributed by atoms with van der Waals surface area (Å²) in [5.74, 6) is 0.879. The molecule has 0 amide bonds. The summed E-state index contributed by atoms with van der Waals surface area (Å²) in [7, 11) is 0. The summed E-state index contributed by atoms with van der Waals surface area (Å²) in [5.41, 5.74) is 2.67. The molecular formula is C15H23N3. The summed E-state index contributed by atoms with van der Waals surface area (Å²) in [4.78, 5) is 6.69. The molecule has 1 saturated heterocycles. The van der Waals surface area contributed by atoms with Crippen molar-refractivity contribution < 1.29 is 0 Å². The lowest BCUT2D eigenvalue weighted by atomic mass is 9.96. The van der Waals surface area contributed by atoms with E-state index in [0.717, 1.165) is 12.0 Å².